The Morgan fingerprint density at radius 1 is 1.40 bits per heavy atom. The Morgan fingerprint density at radius 2 is 2.07 bits per heavy atom. The quantitative estimate of drug-likeness (QED) is 0.794. The Labute approximate surface area is 97.5 Å². The predicted octanol–water partition coefficient (Wildman–Crippen LogP) is 2.48. The normalized spacial score (nSPS) is 9.87. The van der Waals surface area contributed by atoms with Gasteiger partial charge in [-0.2, -0.15) is 0 Å². The number of benzene rings is 1. The molecule has 82 valence electrons. The highest BCUT2D eigenvalue weighted by Gasteiger charge is 2.10. The first kappa shape index (κ1) is 12.0. The van der Waals surface area contributed by atoms with Gasteiger partial charge in [0.05, 0.1) is 20.6 Å². The maximum Gasteiger partial charge on any atom is 0.310 e. The smallest absolute Gasteiger partial charge is 0.310 e. The van der Waals surface area contributed by atoms with Gasteiger partial charge in [0.15, 0.2) is 0 Å². The van der Waals surface area contributed by atoms with Crippen LogP contribution in [0.1, 0.15) is 11.1 Å². The molecule has 1 aromatic carbocycles. The predicted molar refractivity (Wildman–Crippen MR) is 61.2 cm³/mol. The number of ether oxygens (including phenoxy) is 2. The van der Waals surface area contributed by atoms with Crippen molar-refractivity contribution in [3.8, 4) is 5.75 Å². The van der Waals surface area contributed by atoms with E-state index in [-0.39, 0.29) is 12.4 Å². The van der Waals surface area contributed by atoms with Crippen molar-refractivity contribution in [1.29, 1.82) is 0 Å². The molecule has 1 rings (SSSR count). The van der Waals surface area contributed by atoms with Crippen LogP contribution in [0.3, 0.4) is 0 Å². The first-order valence-electron chi connectivity index (χ1n) is 4.48. The minimum absolute atomic E-state index is 0.244. The highest BCUT2D eigenvalue weighted by atomic mass is 79.9. The van der Waals surface area contributed by atoms with Crippen LogP contribution in [0.2, 0.25) is 0 Å². The van der Waals surface area contributed by atoms with Crippen molar-refractivity contribution in [2.45, 2.75) is 13.3 Å². The zero-order valence-corrected chi connectivity index (χ0v) is 10.6. The van der Waals surface area contributed by atoms with E-state index in [9.17, 15) is 4.79 Å². The molecule has 0 aliphatic heterocycles. The van der Waals surface area contributed by atoms with Gasteiger partial charge in [0.2, 0.25) is 0 Å². The van der Waals surface area contributed by atoms with Crippen LogP contribution in [-0.2, 0) is 16.0 Å². The number of esters is 1. The lowest BCUT2D eigenvalue weighted by Gasteiger charge is -2.09. The van der Waals surface area contributed by atoms with Gasteiger partial charge < -0.3 is 9.47 Å². The molecular formula is C11H13BrO3. The summed E-state index contributed by atoms with van der Waals surface area (Å²) < 4.78 is 10.7. The van der Waals surface area contributed by atoms with Crippen molar-refractivity contribution in [2.24, 2.45) is 0 Å². The van der Waals surface area contributed by atoms with E-state index in [4.69, 9.17) is 4.74 Å². The maximum atomic E-state index is 11.1. The van der Waals surface area contributed by atoms with E-state index in [1.807, 2.05) is 19.1 Å². The van der Waals surface area contributed by atoms with Crippen LogP contribution in [0, 0.1) is 6.92 Å². The molecule has 1 aromatic rings. The van der Waals surface area contributed by atoms with Crippen LogP contribution in [0.15, 0.2) is 16.6 Å². The third kappa shape index (κ3) is 2.96. The number of carbonyl (C=O) groups is 1. The Balaban J connectivity index is 3.02. The molecule has 0 saturated heterocycles. The van der Waals surface area contributed by atoms with Crippen LogP contribution in [0.25, 0.3) is 0 Å². The fourth-order valence-corrected chi connectivity index (χ4v) is 1.88. The molecule has 15 heavy (non-hydrogen) atoms. The fraction of sp³-hybridized carbons (Fsp3) is 0.364. The van der Waals surface area contributed by atoms with Gasteiger partial charge in [0, 0.05) is 4.47 Å². The molecule has 0 N–H and O–H groups in total. The lowest BCUT2D eigenvalue weighted by Crippen LogP contribution is -2.05. The van der Waals surface area contributed by atoms with Crippen LogP contribution in [0.4, 0.5) is 0 Å². The molecule has 0 aliphatic carbocycles. The van der Waals surface area contributed by atoms with Gasteiger partial charge in [0.25, 0.3) is 0 Å². The number of methoxy groups -OCH3 is 2. The van der Waals surface area contributed by atoms with E-state index in [1.54, 1.807) is 7.11 Å². The number of halogens is 1. The van der Waals surface area contributed by atoms with Gasteiger partial charge in [-0.1, -0.05) is 15.9 Å². The molecule has 0 fully saturated rings. The summed E-state index contributed by atoms with van der Waals surface area (Å²) in [4.78, 5) is 11.1. The molecule has 0 spiro atoms. The molecule has 0 aromatic heterocycles. The van der Waals surface area contributed by atoms with Gasteiger partial charge in [-0.05, 0) is 30.2 Å². The molecule has 0 atom stereocenters. The number of hydrogen-bond donors (Lipinski definition) is 0. The molecule has 0 radical (unpaired) electrons. The van der Waals surface area contributed by atoms with Crippen molar-refractivity contribution in [2.75, 3.05) is 14.2 Å². The molecule has 3 nitrogen and oxygen atoms in total. The average molecular weight is 273 g/mol. The van der Waals surface area contributed by atoms with Crippen LogP contribution >= 0.6 is 15.9 Å². The van der Waals surface area contributed by atoms with Crippen LogP contribution in [0.5, 0.6) is 5.75 Å². The second-order valence-corrected chi connectivity index (χ2v) is 4.02. The van der Waals surface area contributed by atoms with Crippen molar-refractivity contribution in [3.05, 3.63) is 27.7 Å². The largest absolute Gasteiger partial charge is 0.496 e. The third-order valence-electron chi connectivity index (χ3n) is 2.13. The monoisotopic (exact) mass is 272 g/mol. The highest BCUT2D eigenvalue weighted by Crippen LogP contribution is 2.27. The van der Waals surface area contributed by atoms with E-state index in [0.717, 1.165) is 21.3 Å². The van der Waals surface area contributed by atoms with E-state index in [0.29, 0.717) is 0 Å². The Bertz CT molecular complexity index is 374. The van der Waals surface area contributed by atoms with E-state index in [2.05, 4.69) is 20.7 Å². The molecule has 0 amide bonds. The summed E-state index contributed by atoms with van der Waals surface area (Å²) in [6.45, 7) is 1.95. The second-order valence-electron chi connectivity index (χ2n) is 3.17. The Morgan fingerprint density at radius 3 is 2.60 bits per heavy atom. The standard InChI is InChI=1S/C11H13BrO3/c1-7-4-9(12)8(5-10(7)14-2)6-11(13)15-3/h4-5H,6H2,1-3H3. The summed E-state index contributed by atoms with van der Waals surface area (Å²) in [6, 6.07) is 3.77. The number of carbonyl (C=O) groups excluding carboxylic acids is 1. The molecule has 0 heterocycles. The first-order chi connectivity index (χ1) is 7.08. The maximum absolute atomic E-state index is 11.1. The summed E-state index contributed by atoms with van der Waals surface area (Å²) in [7, 11) is 2.99. The van der Waals surface area contributed by atoms with Gasteiger partial charge in [-0.15, -0.1) is 0 Å². The SMILES string of the molecule is COC(=O)Cc1cc(OC)c(C)cc1Br. The lowest BCUT2D eigenvalue weighted by molar-refractivity contribution is -0.139. The molecular weight excluding hydrogens is 260 g/mol. The van der Waals surface area contributed by atoms with Crippen molar-refractivity contribution in [1.82, 2.24) is 0 Å². The average Bonchev–Trinajstić information content (AvgIpc) is 2.21. The summed E-state index contributed by atoms with van der Waals surface area (Å²) in [5, 5.41) is 0. The first-order valence-corrected chi connectivity index (χ1v) is 5.27. The van der Waals surface area contributed by atoms with Gasteiger partial charge in [-0.25, -0.2) is 0 Å². The molecule has 0 aliphatic rings. The van der Waals surface area contributed by atoms with E-state index >= 15 is 0 Å². The van der Waals surface area contributed by atoms with Crippen molar-refractivity contribution >= 4 is 21.9 Å². The van der Waals surface area contributed by atoms with Crippen molar-refractivity contribution in [3.63, 3.8) is 0 Å². The lowest BCUT2D eigenvalue weighted by atomic mass is 10.1. The summed E-state index contributed by atoms with van der Waals surface area (Å²) >= 11 is 3.40. The minimum Gasteiger partial charge on any atom is -0.496 e. The van der Waals surface area contributed by atoms with Gasteiger partial charge >= 0.3 is 5.97 Å². The topological polar surface area (TPSA) is 35.5 Å². The summed E-state index contributed by atoms with van der Waals surface area (Å²) in [5.41, 5.74) is 1.89. The zero-order chi connectivity index (χ0) is 11.4. The summed E-state index contributed by atoms with van der Waals surface area (Å²) in [6.07, 6.45) is 0.244. The van der Waals surface area contributed by atoms with Crippen LogP contribution in [-0.4, -0.2) is 20.2 Å². The third-order valence-corrected chi connectivity index (χ3v) is 2.86. The zero-order valence-electron chi connectivity index (χ0n) is 8.96. The van der Waals surface area contributed by atoms with Gasteiger partial charge in [-0.3, -0.25) is 4.79 Å². The Hall–Kier alpha value is -1.03. The molecule has 4 heteroatoms. The van der Waals surface area contributed by atoms with Crippen LogP contribution < -0.4 is 4.74 Å². The van der Waals surface area contributed by atoms with E-state index < -0.39 is 0 Å². The molecule has 0 unspecified atom stereocenters. The van der Waals surface area contributed by atoms with E-state index in [1.165, 1.54) is 7.11 Å². The van der Waals surface area contributed by atoms with Gasteiger partial charge in [0.1, 0.15) is 5.75 Å². The molecule has 0 bridgehead atoms. The minimum atomic E-state index is -0.262. The number of aryl methyl sites for hydroxylation is 1. The molecule has 0 saturated carbocycles. The summed E-state index contributed by atoms with van der Waals surface area (Å²) in [5.74, 6) is 0.513. The second kappa shape index (κ2) is 5.16. The highest BCUT2D eigenvalue weighted by molar-refractivity contribution is 9.10. The Kier molecular flexibility index (Phi) is 4.15. The number of hydrogen-bond acceptors (Lipinski definition) is 3. The fourth-order valence-electron chi connectivity index (χ4n) is 1.28. The van der Waals surface area contributed by atoms with Crippen molar-refractivity contribution < 1.29 is 14.3 Å². The number of rotatable bonds is 3.